The summed E-state index contributed by atoms with van der Waals surface area (Å²) in [6.07, 6.45) is 1.01. The van der Waals surface area contributed by atoms with Crippen LogP contribution in [0.25, 0.3) is 10.2 Å². The van der Waals surface area contributed by atoms with Crippen molar-refractivity contribution in [3.63, 3.8) is 0 Å². The number of anilines is 1. The molecule has 1 aliphatic rings. The standard InChI is InChI=1S/C15H15ClN4OS/c16-10-2-3-13-14(6-10)22-15(17-13)19-4-1-5-20-12(8-19)7-11(9-21)18-20/h2-3,6-7,21H,1,4-5,8-9H2. The van der Waals surface area contributed by atoms with Gasteiger partial charge in [-0.05, 0) is 30.7 Å². The van der Waals surface area contributed by atoms with Gasteiger partial charge in [0, 0.05) is 18.1 Å². The van der Waals surface area contributed by atoms with Crippen LogP contribution in [0.4, 0.5) is 5.13 Å². The van der Waals surface area contributed by atoms with E-state index in [1.807, 2.05) is 28.9 Å². The molecule has 1 N–H and O–H groups in total. The Balaban J connectivity index is 1.68. The number of fused-ring (bicyclic) bond motifs is 2. The second-order valence-electron chi connectivity index (χ2n) is 5.39. The van der Waals surface area contributed by atoms with E-state index in [2.05, 4.69) is 10.00 Å². The summed E-state index contributed by atoms with van der Waals surface area (Å²) in [6, 6.07) is 7.77. The van der Waals surface area contributed by atoms with Crippen LogP contribution in [0.2, 0.25) is 5.02 Å². The average molecular weight is 335 g/mol. The molecule has 0 atom stereocenters. The highest BCUT2D eigenvalue weighted by molar-refractivity contribution is 7.22. The molecule has 0 spiro atoms. The van der Waals surface area contributed by atoms with Gasteiger partial charge in [-0.3, -0.25) is 4.68 Å². The topological polar surface area (TPSA) is 54.2 Å². The number of aliphatic hydroxyl groups is 1. The number of aryl methyl sites for hydroxylation is 1. The molecule has 114 valence electrons. The quantitative estimate of drug-likeness (QED) is 0.782. The number of rotatable bonds is 2. The summed E-state index contributed by atoms with van der Waals surface area (Å²) in [5.74, 6) is 0. The molecular formula is C15H15ClN4OS. The Morgan fingerprint density at radius 3 is 3.05 bits per heavy atom. The lowest BCUT2D eigenvalue weighted by atomic mass is 10.3. The molecule has 0 amide bonds. The summed E-state index contributed by atoms with van der Waals surface area (Å²) in [5.41, 5.74) is 2.84. The minimum Gasteiger partial charge on any atom is -0.390 e. The fourth-order valence-corrected chi connectivity index (χ4v) is 4.05. The highest BCUT2D eigenvalue weighted by atomic mass is 35.5. The zero-order valence-electron chi connectivity index (χ0n) is 11.9. The number of aliphatic hydroxyl groups excluding tert-OH is 1. The SMILES string of the molecule is OCc1cc2n(n1)CCCN(c1nc3ccc(Cl)cc3s1)C2. The van der Waals surface area contributed by atoms with E-state index in [1.165, 1.54) is 0 Å². The van der Waals surface area contributed by atoms with Crippen molar-refractivity contribution < 1.29 is 5.11 Å². The molecule has 0 radical (unpaired) electrons. The molecule has 1 aromatic carbocycles. The van der Waals surface area contributed by atoms with Gasteiger partial charge in [-0.15, -0.1) is 0 Å². The van der Waals surface area contributed by atoms with Crippen molar-refractivity contribution in [2.45, 2.75) is 26.1 Å². The van der Waals surface area contributed by atoms with Crippen molar-refractivity contribution >= 4 is 38.3 Å². The molecule has 5 nitrogen and oxygen atoms in total. The first kappa shape index (κ1) is 14.0. The lowest BCUT2D eigenvalue weighted by Crippen LogP contribution is -2.22. The number of hydrogen-bond donors (Lipinski definition) is 1. The van der Waals surface area contributed by atoms with Crippen LogP contribution in [0.3, 0.4) is 0 Å². The fourth-order valence-electron chi connectivity index (χ4n) is 2.78. The Bertz CT molecular complexity index is 828. The highest BCUT2D eigenvalue weighted by Crippen LogP contribution is 2.32. The first-order valence-electron chi connectivity index (χ1n) is 7.20. The second-order valence-corrected chi connectivity index (χ2v) is 6.84. The van der Waals surface area contributed by atoms with Gasteiger partial charge in [0.25, 0.3) is 0 Å². The van der Waals surface area contributed by atoms with Gasteiger partial charge in [-0.1, -0.05) is 22.9 Å². The zero-order chi connectivity index (χ0) is 15.1. The van der Waals surface area contributed by atoms with Crippen molar-refractivity contribution in [1.29, 1.82) is 0 Å². The minimum absolute atomic E-state index is 0.0142. The summed E-state index contributed by atoms with van der Waals surface area (Å²) >= 11 is 7.72. The van der Waals surface area contributed by atoms with Gasteiger partial charge < -0.3 is 10.0 Å². The summed E-state index contributed by atoms with van der Waals surface area (Å²) in [4.78, 5) is 7.00. The first-order chi connectivity index (χ1) is 10.7. The Labute approximate surface area is 136 Å². The van der Waals surface area contributed by atoms with E-state index in [1.54, 1.807) is 11.3 Å². The van der Waals surface area contributed by atoms with Crippen LogP contribution in [0.1, 0.15) is 17.8 Å². The molecule has 3 aromatic rings. The average Bonchev–Trinajstić information content (AvgIpc) is 3.05. The first-order valence-corrected chi connectivity index (χ1v) is 8.40. The normalized spacial score (nSPS) is 15.1. The van der Waals surface area contributed by atoms with Gasteiger partial charge in [0.1, 0.15) is 0 Å². The van der Waals surface area contributed by atoms with Crippen LogP contribution in [-0.2, 0) is 19.7 Å². The molecule has 0 saturated heterocycles. The van der Waals surface area contributed by atoms with Gasteiger partial charge in [0.05, 0.1) is 34.8 Å². The molecule has 2 aromatic heterocycles. The van der Waals surface area contributed by atoms with Gasteiger partial charge in [0.2, 0.25) is 0 Å². The predicted molar refractivity (Wildman–Crippen MR) is 88.4 cm³/mol. The number of hydrogen-bond acceptors (Lipinski definition) is 5. The molecule has 1 aliphatic heterocycles. The maximum Gasteiger partial charge on any atom is 0.186 e. The molecule has 3 heterocycles. The Kier molecular flexibility index (Phi) is 3.52. The van der Waals surface area contributed by atoms with Crippen LogP contribution in [0.5, 0.6) is 0 Å². The number of nitrogens with zero attached hydrogens (tertiary/aromatic N) is 4. The molecule has 0 bridgehead atoms. The van der Waals surface area contributed by atoms with Gasteiger partial charge in [-0.25, -0.2) is 4.98 Å². The third-order valence-electron chi connectivity index (χ3n) is 3.84. The summed E-state index contributed by atoms with van der Waals surface area (Å²) in [7, 11) is 0. The van der Waals surface area contributed by atoms with Gasteiger partial charge >= 0.3 is 0 Å². The van der Waals surface area contributed by atoms with Crippen molar-refractivity contribution in [2.75, 3.05) is 11.4 Å². The van der Waals surface area contributed by atoms with Crippen LogP contribution in [0.15, 0.2) is 24.3 Å². The second kappa shape index (κ2) is 5.53. The highest BCUT2D eigenvalue weighted by Gasteiger charge is 2.19. The van der Waals surface area contributed by atoms with Crippen LogP contribution < -0.4 is 4.90 Å². The van der Waals surface area contributed by atoms with Crippen molar-refractivity contribution in [3.05, 3.63) is 40.7 Å². The van der Waals surface area contributed by atoms with E-state index in [4.69, 9.17) is 16.6 Å². The Morgan fingerprint density at radius 1 is 1.27 bits per heavy atom. The maximum atomic E-state index is 9.25. The molecule has 0 aliphatic carbocycles. The van der Waals surface area contributed by atoms with E-state index in [-0.39, 0.29) is 6.61 Å². The zero-order valence-corrected chi connectivity index (χ0v) is 13.4. The van der Waals surface area contributed by atoms with E-state index < -0.39 is 0 Å². The molecular weight excluding hydrogens is 320 g/mol. The third-order valence-corrected chi connectivity index (χ3v) is 5.15. The molecule has 4 rings (SSSR count). The lowest BCUT2D eigenvalue weighted by molar-refractivity contribution is 0.275. The van der Waals surface area contributed by atoms with E-state index in [9.17, 15) is 5.11 Å². The van der Waals surface area contributed by atoms with Crippen molar-refractivity contribution in [2.24, 2.45) is 0 Å². The largest absolute Gasteiger partial charge is 0.390 e. The number of thiazole rings is 1. The number of benzene rings is 1. The van der Waals surface area contributed by atoms with Gasteiger partial charge in [0.15, 0.2) is 5.13 Å². The summed E-state index contributed by atoms with van der Waals surface area (Å²) in [6.45, 7) is 2.58. The molecule has 0 saturated carbocycles. The van der Waals surface area contributed by atoms with E-state index in [0.717, 1.165) is 57.8 Å². The summed E-state index contributed by atoms with van der Waals surface area (Å²) < 4.78 is 3.10. The van der Waals surface area contributed by atoms with E-state index >= 15 is 0 Å². The van der Waals surface area contributed by atoms with Crippen LogP contribution in [-0.4, -0.2) is 26.4 Å². The van der Waals surface area contributed by atoms with Crippen LogP contribution in [0, 0.1) is 0 Å². The maximum absolute atomic E-state index is 9.25. The predicted octanol–water partition coefficient (Wildman–Crippen LogP) is 3.05. The van der Waals surface area contributed by atoms with Crippen LogP contribution >= 0.6 is 22.9 Å². The minimum atomic E-state index is -0.0142. The van der Waals surface area contributed by atoms with E-state index in [0.29, 0.717) is 0 Å². The molecule has 22 heavy (non-hydrogen) atoms. The smallest absolute Gasteiger partial charge is 0.186 e. The lowest BCUT2D eigenvalue weighted by Gasteiger charge is -2.18. The molecule has 0 fully saturated rings. The summed E-state index contributed by atoms with van der Waals surface area (Å²) in [5, 5.41) is 15.4. The monoisotopic (exact) mass is 334 g/mol. The fraction of sp³-hybridized carbons (Fsp3) is 0.333. The Hall–Kier alpha value is -1.63. The van der Waals surface area contributed by atoms with Crippen molar-refractivity contribution in [1.82, 2.24) is 14.8 Å². The number of halogens is 1. The van der Waals surface area contributed by atoms with Gasteiger partial charge in [-0.2, -0.15) is 5.10 Å². The van der Waals surface area contributed by atoms with Crippen molar-refractivity contribution in [3.8, 4) is 0 Å². The third kappa shape index (κ3) is 2.47. The molecule has 0 unspecified atom stereocenters. The Morgan fingerprint density at radius 2 is 2.18 bits per heavy atom. The molecule has 7 heteroatoms. The number of aromatic nitrogens is 3.